The van der Waals surface area contributed by atoms with Crippen molar-refractivity contribution >= 4 is 16.9 Å². The molecule has 12 N–H and O–H groups in total. The van der Waals surface area contributed by atoms with Gasteiger partial charge in [-0.15, -0.1) is 0 Å². The third-order valence-electron chi connectivity index (χ3n) is 7.41. The summed E-state index contributed by atoms with van der Waals surface area (Å²) in [5, 5.41) is 121. The van der Waals surface area contributed by atoms with Crippen molar-refractivity contribution in [3.05, 3.63) is 34.5 Å². The highest BCUT2D eigenvalue weighted by molar-refractivity contribution is 5.93. The number of fused-ring (bicyclic) bond motifs is 1. The van der Waals surface area contributed by atoms with Crippen molar-refractivity contribution in [3.63, 3.8) is 0 Å². The minimum absolute atomic E-state index is 0.258. The summed E-state index contributed by atoms with van der Waals surface area (Å²) in [7, 11) is 0. The van der Waals surface area contributed by atoms with E-state index in [9.17, 15) is 70.9 Å². The Kier molecular flexibility index (Phi) is 8.88. The fourth-order valence-corrected chi connectivity index (χ4v) is 4.92. The van der Waals surface area contributed by atoms with Crippen molar-refractivity contribution in [1.29, 1.82) is 0 Å². The van der Waals surface area contributed by atoms with Crippen LogP contribution in [-0.2, 0) is 14.3 Å². The van der Waals surface area contributed by atoms with Gasteiger partial charge in [-0.25, -0.2) is 4.79 Å². The molecule has 10 unspecified atom stereocenters. The van der Waals surface area contributed by atoms with Crippen molar-refractivity contribution in [2.75, 3.05) is 6.61 Å². The smallest absolute Gasteiger partial charge is 0.335 e. The van der Waals surface area contributed by atoms with Crippen LogP contribution in [0, 0.1) is 0 Å². The van der Waals surface area contributed by atoms with Gasteiger partial charge in [0.05, 0.1) is 6.61 Å². The predicted octanol–water partition coefficient (Wildman–Crippen LogP) is -3.27. The van der Waals surface area contributed by atoms with Crippen LogP contribution in [0.3, 0.4) is 0 Å². The molecule has 3 aromatic rings. The lowest BCUT2D eigenvalue weighted by Gasteiger charge is -2.39. The van der Waals surface area contributed by atoms with Crippen LogP contribution in [0.5, 0.6) is 34.5 Å². The topological polar surface area (TPSA) is 327 Å². The number of carbonyl (C=O) groups is 1. The van der Waals surface area contributed by atoms with Crippen LogP contribution < -0.4 is 14.9 Å². The predicted molar refractivity (Wildman–Crippen MR) is 144 cm³/mol. The molecule has 250 valence electrons. The fraction of sp³-hybridized carbons (Fsp3) is 0.407. The summed E-state index contributed by atoms with van der Waals surface area (Å²) in [6, 6.07) is 3.50. The number of carboxylic acids is 1. The first-order valence-corrected chi connectivity index (χ1v) is 13.3. The second kappa shape index (κ2) is 12.4. The summed E-state index contributed by atoms with van der Waals surface area (Å²) in [5.41, 5.74) is -2.35. The minimum atomic E-state index is -2.17. The maximum atomic E-state index is 13.9. The van der Waals surface area contributed by atoms with Gasteiger partial charge in [-0.1, -0.05) is 0 Å². The van der Waals surface area contributed by atoms with Gasteiger partial charge < -0.3 is 84.6 Å². The quantitative estimate of drug-likeness (QED) is 0.111. The summed E-state index contributed by atoms with van der Waals surface area (Å²) in [6.07, 6.45) is -19.9. The van der Waals surface area contributed by atoms with Gasteiger partial charge >= 0.3 is 5.97 Å². The molecule has 0 bridgehead atoms. The second-order valence-electron chi connectivity index (χ2n) is 10.4. The zero-order chi connectivity index (χ0) is 33.8. The first-order chi connectivity index (χ1) is 21.7. The number of ether oxygens (including phenoxy) is 4. The van der Waals surface area contributed by atoms with Gasteiger partial charge in [0.2, 0.25) is 29.5 Å². The lowest BCUT2D eigenvalue weighted by molar-refractivity contribution is -0.277. The molecular weight excluding hydrogens is 628 g/mol. The van der Waals surface area contributed by atoms with Gasteiger partial charge in [0.25, 0.3) is 0 Å². The van der Waals surface area contributed by atoms with E-state index >= 15 is 0 Å². The van der Waals surface area contributed by atoms with Crippen LogP contribution in [0.15, 0.2) is 33.5 Å². The van der Waals surface area contributed by atoms with E-state index < -0.39 is 131 Å². The Labute approximate surface area is 255 Å². The van der Waals surface area contributed by atoms with E-state index in [2.05, 4.69) is 0 Å². The molecule has 0 spiro atoms. The summed E-state index contributed by atoms with van der Waals surface area (Å²) in [4.78, 5) is 25.5. The molecule has 19 heteroatoms. The molecule has 10 atom stereocenters. The first kappa shape index (κ1) is 32.9. The standard InChI is InChI=1S/C27H28O19/c28-5-11-13(33)15(35)18(38)26(42-11)44-21-10(32)4-9(31)12-14(34)23(20(43-22(12)21)6-1-2-7(29)8(30)3-6)45-27-19(39)16(36)17(37)24(46-27)25(40)41/h1-4,11,13,15-19,24,26-33,35-39H,5H2,(H,40,41). The molecule has 2 aliphatic rings. The van der Waals surface area contributed by atoms with E-state index in [4.69, 9.17) is 23.4 Å². The third kappa shape index (κ3) is 5.59. The van der Waals surface area contributed by atoms with Crippen molar-refractivity contribution in [2.24, 2.45) is 0 Å². The molecule has 0 aliphatic carbocycles. The Hall–Kier alpha value is -4.44. The zero-order valence-electron chi connectivity index (χ0n) is 23.0. The van der Waals surface area contributed by atoms with E-state index in [1.165, 1.54) is 0 Å². The van der Waals surface area contributed by atoms with Crippen molar-refractivity contribution < 1.29 is 89.4 Å². The van der Waals surface area contributed by atoms with E-state index in [1.54, 1.807) is 0 Å². The van der Waals surface area contributed by atoms with Crippen LogP contribution in [0.2, 0.25) is 0 Å². The summed E-state index contributed by atoms with van der Waals surface area (Å²) < 4.78 is 27.2. The summed E-state index contributed by atoms with van der Waals surface area (Å²) in [5.74, 6) is -7.48. The number of carboxylic acid groups (broad SMARTS) is 1. The van der Waals surface area contributed by atoms with Crippen molar-refractivity contribution in [2.45, 2.75) is 61.4 Å². The number of aliphatic hydroxyl groups excluding tert-OH is 7. The maximum Gasteiger partial charge on any atom is 0.335 e. The number of rotatable bonds is 7. The highest BCUT2D eigenvalue weighted by Gasteiger charge is 2.49. The van der Waals surface area contributed by atoms with Gasteiger partial charge in [-0.2, -0.15) is 0 Å². The van der Waals surface area contributed by atoms with Gasteiger partial charge in [-0.3, -0.25) is 4.79 Å². The SMILES string of the molecule is O=C(O)C1OC(Oc2c(-c3ccc(O)c(O)c3)oc3c(OC4OC(CO)C(O)C(O)C4O)c(O)cc(O)c3c2=O)C(O)C(O)C1O. The van der Waals surface area contributed by atoms with Gasteiger partial charge in [0.15, 0.2) is 34.7 Å². The molecule has 0 amide bonds. The molecule has 0 saturated carbocycles. The summed E-state index contributed by atoms with van der Waals surface area (Å²) in [6.45, 7) is -0.846. The Morgan fingerprint density at radius 2 is 1.33 bits per heavy atom. The Morgan fingerprint density at radius 3 is 1.93 bits per heavy atom. The Balaban J connectivity index is 1.70. The molecule has 19 nitrogen and oxygen atoms in total. The lowest BCUT2D eigenvalue weighted by Crippen LogP contribution is -2.61. The van der Waals surface area contributed by atoms with Crippen molar-refractivity contribution in [1.82, 2.24) is 0 Å². The third-order valence-corrected chi connectivity index (χ3v) is 7.41. The maximum absolute atomic E-state index is 13.9. The van der Waals surface area contributed by atoms with E-state index in [0.717, 1.165) is 18.2 Å². The molecule has 5 rings (SSSR count). The lowest BCUT2D eigenvalue weighted by atomic mass is 9.99. The highest BCUT2D eigenvalue weighted by Crippen LogP contribution is 2.45. The number of hydrogen-bond acceptors (Lipinski definition) is 18. The van der Waals surface area contributed by atoms with E-state index in [0.29, 0.717) is 6.07 Å². The molecule has 2 aliphatic heterocycles. The molecule has 2 aromatic carbocycles. The number of benzene rings is 2. The molecular formula is C27H28O19. The van der Waals surface area contributed by atoms with Gasteiger partial charge in [0, 0.05) is 11.6 Å². The number of phenolic OH excluding ortho intramolecular Hbond substituents is 4. The Morgan fingerprint density at radius 1 is 0.717 bits per heavy atom. The van der Waals surface area contributed by atoms with Crippen LogP contribution >= 0.6 is 0 Å². The molecule has 0 radical (unpaired) electrons. The van der Waals surface area contributed by atoms with E-state index in [-0.39, 0.29) is 5.56 Å². The monoisotopic (exact) mass is 656 g/mol. The van der Waals surface area contributed by atoms with E-state index in [1.807, 2.05) is 0 Å². The molecule has 2 fully saturated rings. The Bertz CT molecular complexity index is 1690. The number of phenols is 4. The molecule has 1 aromatic heterocycles. The minimum Gasteiger partial charge on any atom is -0.507 e. The molecule has 46 heavy (non-hydrogen) atoms. The number of aromatic hydroxyl groups is 4. The number of aliphatic carboxylic acids is 1. The summed E-state index contributed by atoms with van der Waals surface area (Å²) >= 11 is 0. The first-order valence-electron chi connectivity index (χ1n) is 13.3. The fourth-order valence-electron chi connectivity index (χ4n) is 4.92. The van der Waals surface area contributed by atoms with Gasteiger partial charge in [-0.05, 0) is 18.2 Å². The van der Waals surface area contributed by atoms with Crippen LogP contribution in [0.4, 0.5) is 0 Å². The van der Waals surface area contributed by atoms with Gasteiger partial charge in [0.1, 0.15) is 53.9 Å². The molecule has 3 heterocycles. The highest BCUT2D eigenvalue weighted by atomic mass is 16.7. The molecule has 2 saturated heterocycles. The average Bonchev–Trinajstić information content (AvgIpc) is 3.01. The second-order valence-corrected chi connectivity index (χ2v) is 10.4. The van der Waals surface area contributed by atoms with Crippen molar-refractivity contribution in [3.8, 4) is 45.8 Å². The van der Waals surface area contributed by atoms with Crippen LogP contribution in [-0.4, -0.2) is 135 Å². The number of hydrogen-bond donors (Lipinski definition) is 12. The average molecular weight is 657 g/mol. The largest absolute Gasteiger partial charge is 0.507 e. The van der Waals surface area contributed by atoms with Crippen LogP contribution in [0.1, 0.15) is 0 Å². The zero-order valence-corrected chi connectivity index (χ0v) is 23.0. The normalized spacial score (nSPS) is 31.5. The van der Waals surface area contributed by atoms with Crippen LogP contribution in [0.25, 0.3) is 22.3 Å². The number of aliphatic hydroxyl groups is 7.